The Balaban J connectivity index is 1.39. The van der Waals surface area contributed by atoms with Gasteiger partial charge in [0.15, 0.2) is 0 Å². The van der Waals surface area contributed by atoms with Gasteiger partial charge in [-0.15, -0.1) is 0 Å². The Morgan fingerprint density at radius 2 is 0.760 bits per heavy atom. The molecule has 0 saturated carbocycles. The molecule has 5 aliphatic rings. The Bertz CT molecular complexity index is 2390. The SMILES string of the molecule is CC1C2=CN(C)C1=C(c1ccccc1)C1=NC(=C(c3ccccc3)C3=NC(=C(c4ccccc4)C4=NC(=C2c2ccccc2)C=C4)C=C3)C=C1. The van der Waals surface area contributed by atoms with Gasteiger partial charge in [-0.05, 0) is 64.3 Å². The summed E-state index contributed by atoms with van der Waals surface area (Å²) in [6.45, 7) is 2.31. The number of hydrogen-bond donors (Lipinski definition) is 0. The van der Waals surface area contributed by atoms with Crippen molar-refractivity contribution in [3.05, 3.63) is 215 Å². The monoisotopic (exact) mass is 642 g/mol. The van der Waals surface area contributed by atoms with E-state index in [1.165, 1.54) is 11.3 Å². The minimum atomic E-state index is 0.0605. The van der Waals surface area contributed by atoms with Gasteiger partial charge in [0, 0.05) is 47.2 Å². The molecule has 0 saturated heterocycles. The van der Waals surface area contributed by atoms with Crippen molar-refractivity contribution in [1.29, 1.82) is 0 Å². The maximum atomic E-state index is 5.43. The molecule has 5 heterocycles. The summed E-state index contributed by atoms with van der Waals surface area (Å²) >= 11 is 0. The minimum Gasteiger partial charge on any atom is -0.353 e. The molecule has 0 radical (unpaired) electrons. The van der Waals surface area contributed by atoms with Gasteiger partial charge in [-0.1, -0.05) is 128 Å². The number of allylic oxidation sites excluding steroid dienone is 11. The van der Waals surface area contributed by atoms with Gasteiger partial charge in [0.25, 0.3) is 0 Å². The quantitative estimate of drug-likeness (QED) is 0.218. The second-order valence-electron chi connectivity index (χ2n) is 12.9. The van der Waals surface area contributed by atoms with E-state index >= 15 is 0 Å². The van der Waals surface area contributed by atoms with Gasteiger partial charge in [0.1, 0.15) is 0 Å². The fraction of sp³-hybridized carbons (Fsp3) is 0.0652. The third-order valence-electron chi connectivity index (χ3n) is 9.84. The maximum Gasteiger partial charge on any atom is 0.0738 e. The van der Waals surface area contributed by atoms with Crippen LogP contribution in [0.5, 0.6) is 0 Å². The predicted octanol–water partition coefficient (Wildman–Crippen LogP) is 10.1. The molecule has 0 spiro atoms. The summed E-state index contributed by atoms with van der Waals surface area (Å²) in [6.07, 6.45) is 15.2. The molecule has 4 heteroatoms. The summed E-state index contributed by atoms with van der Waals surface area (Å²) in [5.41, 5.74) is 16.5. The highest BCUT2D eigenvalue weighted by molar-refractivity contribution is 6.37. The van der Waals surface area contributed by atoms with Crippen molar-refractivity contribution in [2.45, 2.75) is 6.92 Å². The van der Waals surface area contributed by atoms with E-state index in [2.05, 4.69) is 171 Å². The van der Waals surface area contributed by atoms with Crippen LogP contribution in [0, 0.1) is 5.92 Å². The van der Waals surface area contributed by atoms with Crippen LogP contribution in [0.25, 0.3) is 22.3 Å². The average molecular weight is 643 g/mol. The highest BCUT2D eigenvalue weighted by Gasteiger charge is 2.34. The Kier molecular flexibility index (Phi) is 7.28. The molecule has 0 amide bonds. The van der Waals surface area contributed by atoms with Gasteiger partial charge >= 0.3 is 0 Å². The van der Waals surface area contributed by atoms with E-state index in [0.717, 1.165) is 78.8 Å². The molecule has 5 aliphatic heterocycles. The van der Waals surface area contributed by atoms with Crippen molar-refractivity contribution in [2.75, 3.05) is 7.05 Å². The summed E-state index contributed by atoms with van der Waals surface area (Å²) in [7, 11) is 2.16. The van der Waals surface area contributed by atoms with Gasteiger partial charge < -0.3 is 4.90 Å². The van der Waals surface area contributed by atoms with E-state index in [1.807, 2.05) is 12.1 Å². The molecule has 0 aromatic heterocycles. The Labute approximate surface area is 293 Å². The van der Waals surface area contributed by atoms with Crippen LogP contribution in [0.2, 0.25) is 0 Å². The van der Waals surface area contributed by atoms with Crippen LogP contribution < -0.4 is 0 Å². The van der Waals surface area contributed by atoms with E-state index in [4.69, 9.17) is 15.0 Å². The molecular formula is C46H34N4. The zero-order valence-corrected chi connectivity index (χ0v) is 28.0. The number of nitrogens with zero attached hydrogens (tertiary/aromatic N) is 4. The summed E-state index contributed by atoms with van der Waals surface area (Å²) in [5.74, 6) is 0.0605. The predicted molar refractivity (Wildman–Crippen MR) is 208 cm³/mol. The van der Waals surface area contributed by atoms with Crippen LogP contribution in [0.15, 0.2) is 207 Å². The molecule has 1 unspecified atom stereocenters. The summed E-state index contributed by atoms with van der Waals surface area (Å²) in [6, 6.07) is 42.3. The molecule has 0 N–H and O–H groups in total. The first-order valence-corrected chi connectivity index (χ1v) is 17.1. The number of hydrogen-bond acceptors (Lipinski definition) is 4. The van der Waals surface area contributed by atoms with Crippen molar-refractivity contribution in [2.24, 2.45) is 20.9 Å². The smallest absolute Gasteiger partial charge is 0.0738 e. The Hall–Kier alpha value is -6.39. The van der Waals surface area contributed by atoms with E-state index in [1.54, 1.807) is 0 Å². The van der Waals surface area contributed by atoms with E-state index in [0.29, 0.717) is 0 Å². The molecule has 0 aliphatic carbocycles. The molecule has 50 heavy (non-hydrogen) atoms. The van der Waals surface area contributed by atoms with Gasteiger partial charge in [-0.2, -0.15) is 0 Å². The third kappa shape index (κ3) is 5.05. The molecule has 0 fully saturated rings. The van der Waals surface area contributed by atoms with Crippen molar-refractivity contribution >= 4 is 39.4 Å². The summed E-state index contributed by atoms with van der Waals surface area (Å²) in [5, 5.41) is 0. The zero-order chi connectivity index (χ0) is 33.6. The normalized spacial score (nSPS) is 19.5. The average Bonchev–Trinajstić information content (AvgIpc) is 3.98. The highest BCUT2D eigenvalue weighted by Crippen LogP contribution is 2.46. The van der Waals surface area contributed by atoms with Gasteiger partial charge in [-0.25, -0.2) is 15.0 Å². The molecule has 238 valence electrons. The lowest BCUT2D eigenvalue weighted by atomic mass is 9.85. The molecule has 4 aromatic rings. The topological polar surface area (TPSA) is 40.3 Å². The van der Waals surface area contributed by atoms with Crippen molar-refractivity contribution in [3.8, 4) is 0 Å². The molecular weight excluding hydrogens is 609 g/mol. The lowest BCUT2D eigenvalue weighted by Gasteiger charge is -2.23. The summed E-state index contributed by atoms with van der Waals surface area (Å²) in [4.78, 5) is 18.5. The van der Waals surface area contributed by atoms with Crippen molar-refractivity contribution in [3.63, 3.8) is 0 Å². The van der Waals surface area contributed by atoms with Crippen LogP contribution in [-0.2, 0) is 0 Å². The van der Waals surface area contributed by atoms with Crippen LogP contribution in [0.1, 0.15) is 29.2 Å². The first-order chi connectivity index (χ1) is 24.6. The van der Waals surface area contributed by atoms with Crippen molar-refractivity contribution in [1.82, 2.24) is 4.90 Å². The number of aliphatic imine (C=N–C) groups is 3. The highest BCUT2D eigenvalue weighted by atomic mass is 15.1. The molecule has 8 bridgehead atoms. The van der Waals surface area contributed by atoms with E-state index in [9.17, 15) is 0 Å². The first kappa shape index (κ1) is 29.7. The first-order valence-electron chi connectivity index (χ1n) is 17.1. The summed E-state index contributed by atoms with van der Waals surface area (Å²) < 4.78 is 0. The van der Waals surface area contributed by atoms with Gasteiger partial charge in [0.05, 0.1) is 34.2 Å². The minimum absolute atomic E-state index is 0.0605. The fourth-order valence-electron chi connectivity index (χ4n) is 7.60. The molecule has 1 atom stereocenters. The van der Waals surface area contributed by atoms with Gasteiger partial charge in [0.2, 0.25) is 0 Å². The Morgan fingerprint density at radius 3 is 1.18 bits per heavy atom. The van der Waals surface area contributed by atoms with Crippen LogP contribution in [0.4, 0.5) is 0 Å². The van der Waals surface area contributed by atoms with Gasteiger partial charge in [-0.3, -0.25) is 0 Å². The number of fused-ring (bicyclic) bond motifs is 5. The second-order valence-corrected chi connectivity index (χ2v) is 12.9. The van der Waals surface area contributed by atoms with Crippen LogP contribution in [0.3, 0.4) is 0 Å². The number of benzene rings is 4. The lowest BCUT2D eigenvalue weighted by molar-refractivity contribution is 0.554. The molecule has 4 nitrogen and oxygen atoms in total. The van der Waals surface area contributed by atoms with Crippen molar-refractivity contribution < 1.29 is 0 Å². The van der Waals surface area contributed by atoms with Crippen LogP contribution in [-0.4, -0.2) is 29.1 Å². The lowest BCUT2D eigenvalue weighted by Crippen LogP contribution is -2.16. The molecule has 9 rings (SSSR count). The maximum absolute atomic E-state index is 5.43. The standard InChI is InChI=1S/C46H34N4/c1-30-35-29-50(2)46(30)45(34-21-13-6-14-22-34)41-28-27-40(49-41)44(33-19-11-5-12-20-33)39-26-25-38(48-39)43(32-17-9-4-10-18-32)37-24-23-36(47-37)42(35)31-15-7-3-8-16-31/h3-30H,1-2H3. The van der Waals surface area contributed by atoms with E-state index in [-0.39, 0.29) is 5.92 Å². The second kappa shape index (κ2) is 12.2. The fourth-order valence-corrected chi connectivity index (χ4v) is 7.60. The van der Waals surface area contributed by atoms with Crippen LogP contribution >= 0.6 is 0 Å². The zero-order valence-electron chi connectivity index (χ0n) is 28.0. The third-order valence-corrected chi connectivity index (χ3v) is 9.84. The largest absolute Gasteiger partial charge is 0.353 e. The number of rotatable bonds is 4. The molecule has 4 aromatic carbocycles. The Morgan fingerprint density at radius 1 is 0.420 bits per heavy atom. The van der Waals surface area contributed by atoms with E-state index < -0.39 is 0 Å².